The lowest BCUT2D eigenvalue weighted by Crippen LogP contribution is -2.26. The average Bonchev–Trinajstić information content (AvgIpc) is 2.15. The van der Waals surface area contributed by atoms with Crippen LogP contribution < -0.4 is 0 Å². The van der Waals surface area contributed by atoms with Crippen molar-refractivity contribution in [2.24, 2.45) is 4.99 Å². The quantitative estimate of drug-likeness (QED) is 0.623. The first-order valence-corrected chi connectivity index (χ1v) is 5.06. The standard InChI is InChI=1S/C7H12N2O2S/c1-6-4-8-7(5-9(2)3)12(6,10)11/h4H,5H2,1-3H3. The van der Waals surface area contributed by atoms with E-state index < -0.39 is 9.84 Å². The zero-order valence-electron chi connectivity index (χ0n) is 7.40. The van der Waals surface area contributed by atoms with Gasteiger partial charge in [0.2, 0.25) is 9.84 Å². The highest BCUT2D eigenvalue weighted by Crippen LogP contribution is 2.16. The van der Waals surface area contributed by atoms with Gasteiger partial charge in [0.25, 0.3) is 0 Å². The maximum Gasteiger partial charge on any atom is 0.218 e. The zero-order valence-corrected chi connectivity index (χ0v) is 8.22. The molecule has 1 rings (SSSR count). The van der Waals surface area contributed by atoms with Crippen molar-refractivity contribution < 1.29 is 8.42 Å². The van der Waals surface area contributed by atoms with E-state index in [1.54, 1.807) is 11.8 Å². The summed E-state index contributed by atoms with van der Waals surface area (Å²) in [5.74, 6) is 0. The minimum atomic E-state index is -3.19. The number of hydrogen-bond donors (Lipinski definition) is 0. The summed E-state index contributed by atoms with van der Waals surface area (Å²) in [6, 6.07) is 0. The molecule has 0 saturated carbocycles. The van der Waals surface area contributed by atoms with Gasteiger partial charge in [-0.05, 0) is 21.0 Å². The lowest BCUT2D eigenvalue weighted by atomic mass is 10.6. The number of nitrogens with zero attached hydrogens (tertiary/aromatic N) is 2. The summed E-state index contributed by atoms with van der Waals surface area (Å²) in [7, 11) is 0.431. The van der Waals surface area contributed by atoms with Gasteiger partial charge in [0.1, 0.15) is 0 Å². The highest BCUT2D eigenvalue weighted by molar-refractivity contribution is 8.10. The molecule has 0 aliphatic carbocycles. The fourth-order valence-corrected chi connectivity index (χ4v) is 2.07. The molecule has 0 N–H and O–H groups in total. The van der Waals surface area contributed by atoms with Gasteiger partial charge in [-0.2, -0.15) is 0 Å². The van der Waals surface area contributed by atoms with Gasteiger partial charge in [-0.1, -0.05) is 0 Å². The third-order valence-electron chi connectivity index (χ3n) is 1.58. The zero-order chi connectivity index (χ0) is 9.35. The first-order valence-electron chi connectivity index (χ1n) is 3.58. The van der Waals surface area contributed by atoms with Crippen LogP contribution in [0.2, 0.25) is 0 Å². The molecule has 1 heterocycles. The molecule has 0 aromatic carbocycles. The summed E-state index contributed by atoms with van der Waals surface area (Å²) in [6.45, 7) is 1.93. The smallest absolute Gasteiger partial charge is 0.218 e. The highest BCUT2D eigenvalue weighted by atomic mass is 32.2. The summed E-state index contributed by atoms with van der Waals surface area (Å²) in [4.78, 5) is 5.95. The molecule has 68 valence electrons. The molecule has 0 aromatic heterocycles. The third-order valence-corrected chi connectivity index (χ3v) is 3.38. The van der Waals surface area contributed by atoms with E-state index in [9.17, 15) is 8.42 Å². The van der Waals surface area contributed by atoms with Gasteiger partial charge in [0.05, 0.1) is 11.4 Å². The Morgan fingerprint density at radius 1 is 1.50 bits per heavy atom. The second kappa shape index (κ2) is 2.99. The molecule has 0 radical (unpaired) electrons. The first-order chi connectivity index (χ1) is 5.44. The van der Waals surface area contributed by atoms with Crippen molar-refractivity contribution in [1.29, 1.82) is 0 Å². The van der Waals surface area contributed by atoms with Gasteiger partial charge in [-0.3, -0.25) is 0 Å². The van der Waals surface area contributed by atoms with E-state index in [0.29, 0.717) is 11.4 Å². The van der Waals surface area contributed by atoms with Crippen LogP contribution in [-0.4, -0.2) is 39.0 Å². The molecular formula is C7H12N2O2S. The Balaban J connectivity index is 2.88. The van der Waals surface area contributed by atoms with Crippen LogP contribution in [0.5, 0.6) is 0 Å². The van der Waals surface area contributed by atoms with Crippen LogP contribution >= 0.6 is 0 Å². The van der Waals surface area contributed by atoms with E-state index in [-0.39, 0.29) is 5.04 Å². The van der Waals surface area contributed by atoms with Gasteiger partial charge < -0.3 is 4.90 Å². The van der Waals surface area contributed by atoms with E-state index in [1.165, 1.54) is 6.20 Å². The second-order valence-corrected chi connectivity index (χ2v) is 5.13. The lowest BCUT2D eigenvalue weighted by Gasteiger charge is -2.08. The van der Waals surface area contributed by atoms with Crippen LogP contribution in [-0.2, 0) is 9.84 Å². The monoisotopic (exact) mass is 188 g/mol. The molecule has 0 fully saturated rings. The summed E-state index contributed by atoms with van der Waals surface area (Å²) in [5.41, 5.74) is 0. The molecule has 12 heavy (non-hydrogen) atoms. The molecule has 1 aliphatic heterocycles. The predicted octanol–water partition coefficient (Wildman–Crippen LogP) is 0.236. The van der Waals surface area contributed by atoms with Crippen LogP contribution in [0.1, 0.15) is 6.92 Å². The summed E-state index contributed by atoms with van der Waals surface area (Å²) in [6.07, 6.45) is 1.40. The molecule has 0 atom stereocenters. The second-order valence-electron chi connectivity index (χ2n) is 3.00. The molecule has 0 unspecified atom stereocenters. The van der Waals surface area contributed by atoms with E-state index in [2.05, 4.69) is 4.99 Å². The van der Waals surface area contributed by atoms with Crippen molar-refractivity contribution in [3.8, 4) is 0 Å². The maximum atomic E-state index is 11.4. The normalized spacial score (nSPS) is 21.0. The van der Waals surface area contributed by atoms with Gasteiger partial charge in [-0.15, -0.1) is 0 Å². The highest BCUT2D eigenvalue weighted by Gasteiger charge is 2.26. The summed E-state index contributed by atoms with van der Waals surface area (Å²) >= 11 is 0. The third kappa shape index (κ3) is 1.56. The van der Waals surface area contributed by atoms with Crippen LogP contribution in [0, 0.1) is 0 Å². The van der Waals surface area contributed by atoms with Gasteiger partial charge in [0.15, 0.2) is 5.04 Å². The Morgan fingerprint density at radius 3 is 2.42 bits per heavy atom. The van der Waals surface area contributed by atoms with E-state index >= 15 is 0 Å². The van der Waals surface area contributed by atoms with E-state index in [1.807, 2.05) is 14.1 Å². The fraction of sp³-hybridized carbons (Fsp3) is 0.571. The van der Waals surface area contributed by atoms with Gasteiger partial charge in [-0.25, -0.2) is 13.4 Å². The van der Waals surface area contributed by atoms with Crippen LogP contribution in [0.4, 0.5) is 0 Å². The Labute approximate surface area is 72.5 Å². The van der Waals surface area contributed by atoms with Crippen molar-refractivity contribution in [3.05, 3.63) is 11.1 Å². The predicted molar refractivity (Wildman–Crippen MR) is 48.7 cm³/mol. The molecule has 0 spiro atoms. The molecule has 5 heteroatoms. The molecule has 1 aliphatic rings. The van der Waals surface area contributed by atoms with Gasteiger partial charge >= 0.3 is 0 Å². The number of aliphatic imine (C=N–C) groups is 1. The average molecular weight is 188 g/mol. The molecule has 0 amide bonds. The topological polar surface area (TPSA) is 49.7 Å². The van der Waals surface area contributed by atoms with Crippen LogP contribution in [0.25, 0.3) is 0 Å². The Bertz CT molecular complexity index is 338. The van der Waals surface area contributed by atoms with Crippen molar-refractivity contribution >= 4 is 14.9 Å². The molecule has 0 aromatic rings. The SMILES string of the molecule is CC1=CN=C(CN(C)C)S1(=O)=O. The lowest BCUT2D eigenvalue weighted by molar-refractivity contribution is 0.471. The largest absolute Gasteiger partial charge is 0.303 e. The molecular weight excluding hydrogens is 176 g/mol. The van der Waals surface area contributed by atoms with E-state index in [0.717, 1.165) is 0 Å². The van der Waals surface area contributed by atoms with E-state index in [4.69, 9.17) is 0 Å². The van der Waals surface area contributed by atoms with Crippen molar-refractivity contribution in [2.45, 2.75) is 6.92 Å². The fourth-order valence-electron chi connectivity index (χ4n) is 0.884. The molecule has 0 saturated heterocycles. The van der Waals surface area contributed by atoms with Crippen LogP contribution in [0.15, 0.2) is 16.1 Å². The molecule has 0 bridgehead atoms. The van der Waals surface area contributed by atoms with Crippen molar-refractivity contribution in [2.75, 3.05) is 20.6 Å². The minimum Gasteiger partial charge on any atom is -0.303 e. The Morgan fingerprint density at radius 2 is 2.08 bits per heavy atom. The maximum absolute atomic E-state index is 11.4. The van der Waals surface area contributed by atoms with Crippen molar-refractivity contribution in [1.82, 2.24) is 4.90 Å². The number of rotatable bonds is 2. The molecule has 4 nitrogen and oxygen atoms in total. The van der Waals surface area contributed by atoms with Crippen LogP contribution in [0.3, 0.4) is 0 Å². The Kier molecular flexibility index (Phi) is 2.34. The van der Waals surface area contributed by atoms with Crippen molar-refractivity contribution in [3.63, 3.8) is 0 Å². The summed E-state index contributed by atoms with van der Waals surface area (Å²) in [5, 5.41) is 0.241. The number of allylic oxidation sites excluding steroid dienone is 1. The van der Waals surface area contributed by atoms with Gasteiger partial charge in [0, 0.05) is 6.20 Å². The number of hydrogen-bond acceptors (Lipinski definition) is 4. The first kappa shape index (κ1) is 9.41. The number of sulfone groups is 1. The summed E-state index contributed by atoms with van der Waals surface area (Å²) < 4.78 is 22.8. The minimum absolute atomic E-state index is 0.241. The Hall–Kier alpha value is -0.680.